The first-order valence-electron chi connectivity index (χ1n) is 8.99. The lowest BCUT2D eigenvalue weighted by Crippen LogP contribution is -2.30. The molecule has 0 spiro atoms. The number of thiophene rings is 1. The van der Waals surface area contributed by atoms with E-state index < -0.39 is 0 Å². The van der Waals surface area contributed by atoms with Crippen molar-refractivity contribution in [2.45, 2.75) is 58.2 Å². The molecule has 1 fully saturated rings. The van der Waals surface area contributed by atoms with E-state index in [9.17, 15) is 0 Å². The molecule has 0 amide bonds. The lowest BCUT2D eigenvalue weighted by Gasteiger charge is -2.23. The van der Waals surface area contributed by atoms with E-state index in [-0.39, 0.29) is 12.4 Å². The van der Waals surface area contributed by atoms with Gasteiger partial charge < -0.3 is 14.8 Å². The SMILES string of the molecule is CCOc1cc(CNC2CCCCC2)ccc1OCc1cccs1.Cl. The van der Waals surface area contributed by atoms with Gasteiger partial charge in [-0.05, 0) is 48.9 Å². The predicted molar refractivity (Wildman–Crippen MR) is 107 cm³/mol. The molecule has 0 bridgehead atoms. The van der Waals surface area contributed by atoms with Crippen LogP contribution >= 0.6 is 23.7 Å². The highest BCUT2D eigenvalue weighted by molar-refractivity contribution is 7.09. The normalized spacial score (nSPS) is 14.8. The number of nitrogens with one attached hydrogen (secondary N) is 1. The Morgan fingerprint density at radius 3 is 2.64 bits per heavy atom. The van der Waals surface area contributed by atoms with E-state index in [1.807, 2.05) is 19.1 Å². The molecule has 0 aliphatic heterocycles. The van der Waals surface area contributed by atoms with Gasteiger partial charge in [-0.3, -0.25) is 0 Å². The molecule has 5 heteroatoms. The minimum Gasteiger partial charge on any atom is -0.490 e. The molecule has 0 radical (unpaired) electrons. The van der Waals surface area contributed by atoms with Gasteiger partial charge in [0.25, 0.3) is 0 Å². The fourth-order valence-corrected chi connectivity index (χ4v) is 3.78. The second kappa shape index (κ2) is 10.7. The maximum atomic E-state index is 5.95. The molecule has 1 aliphatic rings. The summed E-state index contributed by atoms with van der Waals surface area (Å²) in [6, 6.07) is 11.1. The van der Waals surface area contributed by atoms with Gasteiger partial charge >= 0.3 is 0 Å². The number of benzene rings is 1. The van der Waals surface area contributed by atoms with Crippen LogP contribution in [-0.4, -0.2) is 12.6 Å². The summed E-state index contributed by atoms with van der Waals surface area (Å²) in [4.78, 5) is 1.22. The number of ether oxygens (including phenoxy) is 2. The third-order valence-electron chi connectivity index (χ3n) is 4.46. The summed E-state index contributed by atoms with van der Waals surface area (Å²) >= 11 is 1.71. The topological polar surface area (TPSA) is 30.5 Å². The van der Waals surface area contributed by atoms with Crippen LogP contribution in [0.3, 0.4) is 0 Å². The van der Waals surface area contributed by atoms with Gasteiger partial charge in [0.15, 0.2) is 11.5 Å². The van der Waals surface area contributed by atoms with Crippen LogP contribution in [-0.2, 0) is 13.2 Å². The summed E-state index contributed by atoms with van der Waals surface area (Å²) in [6.45, 7) is 4.15. The van der Waals surface area contributed by atoms with Crippen molar-refractivity contribution in [1.29, 1.82) is 0 Å². The third kappa shape index (κ3) is 6.21. The minimum absolute atomic E-state index is 0. The quantitative estimate of drug-likeness (QED) is 0.648. The number of hydrogen-bond acceptors (Lipinski definition) is 4. The molecular formula is C20H28ClNO2S. The Balaban J connectivity index is 0.00000225. The van der Waals surface area contributed by atoms with Crippen molar-refractivity contribution in [1.82, 2.24) is 5.32 Å². The zero-order chi connectivity index (χ0) is 16.6. The average molecular weight is 382 g/mol. The Kier molecular flexibility index (Phi) is 8.59. The molecule has 1 aliphatic carbocycles. The van der Waals surface area contributed by atoms with E-state index in [2.05, 4.69) is 28.9 Å². The van der Waals surface area contributed by atoms with Crippen molar-refractivity contribution in [3.8, 4) is 11.5 Å². The van der Waals surface area contributed by atoms with Crippen molar-refractivity contribution in [2.24, 2.45) is 0 Å². The molecule has 0 atom stereocenters. The van der Waals surface area contributed by atoms with Gasteiger partial charge in [0.2, 0.25) is 0 Å². The molecule has 0 saturated heterocycles. The largest absolute Gasteiger partial charge is 0.490 e. The third-order valence-corrected chi connectivity index (χ3v) is 5.31. The van der Waals surface area contributed by atoms with Crippen molar-refractivity contribution in [3.05, 3.63) is 46.2 Å². The Hall–Kier alpha value is -1.23. The number of halogens is 1. The van der Waals surface area contributed by atoms with Crippen LogP contribution in [0.4, 0.5) is 0 Å². The molecule has 3 nitrogen and oxygen atoms in total. The first-order chi connectivity index (χ1) is 11.8. The molecule has 2 aromatic rings. The predicted octanol–water partition coefficient (Wildman–Crippen LogP) is 5.57. The van der Waals surface area contributed by atoms with Crippen LogP contribution in [0.25, 0.3) is 0 Å². The highest BCUT2D eigenvalue weighted by Crippen LogP contribution is 2.30. The standard InChI is InChI=1S/C20H27NO2S.ClH/c1-2-22-20-13-16(14-21-17-7-4-3-5-8-17)10-11-19(20)23-15-18-9-6-12-24-18;/h6,9-13,17,21H,2-5,7-8,14-15H2,1H3;1H. The summed E-state index contributed by atoms with van der Waals surface area (Å²) in [5, 5.41) is 5.76. The maximum absolute atomic E-state index is 5.95. The first kappa shape index (κ1) is 20.1. The van der Waals surface area contributed by atoms with Crippen molar-refractivity contribution < 1.29 is 9.47 Å². The van der Waals surface area contributed by atoms with Gasteiger partial charge in [0, 0.05) is 17.5 Å². The fourth-order valence-electron chi connectivity index (χ4n) is 3.16. The van der Waals surface area contributed by atoms with Crippen molar-refractivity contribution in [3.63, 3.8) is 0 Å². The van der Waals surface area contributed by atoms with Gasteiger partial charge in [-0.2, -0.15) is 0 Å². The fraction of sp³-hybridized carbons (Fsp3) is 0.500. The van der Waals surface area contributed by atoms with Gasteiger partial charge in [0.1, 0.15) is 6.61 Å². The Bertz CT molecular complexity index is 612. The Labute approximate surface area is 161 Å². The first-order valence-corrected chi connectivity index (χ1v) is 9.87. The van der Waals surface area contributed by atoms with E-state index >= 15 is 0 Å². The number of hydrogen-bond donors (Lipinski definition) is 1. The second-order valence-electron chi connectivity index (χ2n) is 6.30. The lowest BCUT2D eigenvalue weighted by atomic mass is 9.95. The summed E-state index contributed by atoms with van der Waals surface area (Å²) < 4.78 is 11.7. The summed E-state index contributed by atoms with van der Waals surface area (Å²) in [5.41, 5.74) is 1.26. The maximum Gasteiger partial charge on any atom is 0.161 e. The van der Waals surface area contributed by atoms with Crippen LogP contribution in [0, 0.1) is 0 Å². The van der Waals surface area contributed by atoms with Gasteiger partial charge in [-0.25, -0.2) is 0 Å². The molecule has 1 N–H and O–H groups in total. The molecule has 25 heavy (non-hydrogen) atoms. The molecule has 1 aromatic heterocycles. The molecule has 0 unspecified atom stereocenters. The number of rotatable bonds is 8. The van der Waals surface area contributed by atoms with Crippen LogP contribution in [0.1, 0.15) is 49.5 Å². The molecule has 1 heterocycles. The molecule has 3 rings (SSSR count). The van der Waals surface area contributed by atoms with Gasteiger partial charge in [0.05, 0.1) is 6.61 Å². The highest BCUT2D eigenvalue weighted by atomic mass is 35.5. The Morgan fingerprint density at radius 1 is 1.08 bits per heavy atom. The smallest absolute Gasteiger partial charge is 0.161 e. The zero-order valence-electron chi connectivity index (χ0n) is 14.8. The summed E-state index contributed by atoms with van der Waals surface area (Å²) in [6.07, 6.45) is 6.72. The Morgan fingerprint density at radius 2 is 1.92 bits per heavy atom. The molecular weight excluding hydrogens is 354 g/mol. The monoisotopic (exact) mass is 381 g/mol. The van der Waals surface area contributed by atoms with E-state index in [4.69, 9.17) is 9.47 Å². The minimum atomic E-state index is 0. The molecule has 1 saturated carbocycles. The molecule has 1 aromatic carbocycles. The second-order valence-corrected chi connectivity index (χ2v) is 7.33. The zero-order valence-corrected chi connectivity index (χ0v) is 16.5. The average Bonchev–Trinajstić information content (AvgIpc) is 3.14. The van der Waals surface area contributed by atoms with Gasteiger partial charge in [-0.15, -0.1) is 23.7 Å². The van der Waals surface area contributed by atoms with Crippen molar-refractivity contribution in [2.75, 3.05) is 6.61 Å². The van der Waals surface area contributed by atoms with E-state index in [0.29, 0.717) is 19.3 Å². The lowest BCUT2D eigenvalue weighted by molar-refractivity contribution is 0.271. The van der Waals surface area contributed by atoms with E-state index in [0.717, 1.165) is 18.0 Å². The van der Waals surface area contributed by atoms with Crippen molar-refractivity contribution >= 4 is 23.7 Å². The van der Waals surface area contributed by atoms with Crippen LogP contribution < -0.4 is 14.8 Å². The van der Waals surface area contributed by atoms with Crippen LogP contribution in [0.2, 0.25) is 0 Å². The van der Waals surface area contributed by atoms with Gasteiger partial charge in [-0.1, -0.05) is 31.4 Å². The highest BCUT2D eigenvalue weighted by Gasteiger charge is 2.13. The molecule has 138 valence electrons. The van der Waals surface area contributed by atoms with Crippen LogP contribution in [0.15, 0.2) is 35.7 Å². The van der Waals surface area contributed by atoms with E-state index in [1.165, 1.54) is 42.5 Å². The summed E-state index contributed by atoms with van der Waals surface area (Å²) in [5.74, 6) is 1.67. The summed E-state index contributed by atoms with van der Waals surface area (Å²) in [7, 11) is 0. The van der Waals surface area contributed by atoms with Crippen LogP contribution in [0.5, 0.6) is 11.5 Å². The van der Waals surface area contributed by atoms with E-state index in [1.54, 1.807) is 11.3 Å².